The summed E-state index contributed by atoms with van der Waals surface area (Å²) in [6, 6.07) is 12.4. The van der Waals surface area contributed by atoms with Gasteiger partial charge in [0.25, 0.3) is 11.5 Å². The average molecular weight is 429 g/mol. The molecule has 0 aliphatic carbocycles. The Balaban J connectivity index is 1.50. The van der Waals surface area contributed by atoms with Gasteiger partial charge in [0.15, 0.2) is 0 Å². The number of rotatable bonds is 2. The van der Waals surface area contributed by atoms with Gasteiger partial charge in [-0.05, 0) is 48.2 Å². The lowest BCUT2D eigenvalue weighted by molar-refractivity contribution is 0.0395. The molecule has 1 aliphatic heterocycles. The molecule has 2 atom stereocenters. The van der Waals surface area contributed by atoms with E-state index in [4.69, 9.17) is 10.7 Å². The molecule has 1 amide bonds. The number of hydrogen-bond donors (Lipinski definition) is 2. The second kappa shape index (κ2) is 7.81. The summed E-state index contributed by atoms with van der Waals surface area (Å²) in [4.78, 5) is 36.1. The SMILES string of the molecule is Cn1ccc2cc(-c3cnc4ccc(C(=O)N5CC[C@H](N)[C@@H](O)C5)cc4n3)ccc2c1=O. The van der Waals surface area contributed by atoms with Crippen molar-refractivity contribution < 1.29 is 9.90 Å². The summed E-state index contributed by atoms with van der Waals surface area (Å²) < 4.78 is 1.55. The number of aliphatic hydroxyl groups excluding tert-OH is 1. The molecule has 0 saturated carbocycles. The minimum atomic E-state index is -0.718. The smallest absolute Gasteiger partial charge is 0.258 e. The number of fused-ring (bicyclic) bond motifs is 2. The maximum Gasteiger partial charge on any atom is 0.258 e. The molecule has 32 heavy (non-hydrogen) atoms. The number of nitrogens with zero attached hydrogens (tertiary/aromatic N) is 4. The third-order valence-corrected chi connectivity index (χ3v) is 6.09. The van der Waals surface area contributed by atoms with Gasteiger partial charge in [0.1, 0.15) is 0 Å². The molecule has 0 spiro atoms. The number of nitrogens with two attached hydrogens (primary N) is 1. The van der Waals surface area contributed by atoms with Crippen molar-refractivity contribution in [3.63, 3.8) is 0 Å². The number of carbonyl (C=O) groups excluding carboxylic acids is 1. The molecular weight excluding hydrogens is 406 g/mol. The number of amides is 1. The van der Waals surface area contributed by atoms with Crippen LogP contribution in [0.2, 0.25) is 0 Å². The fourth-order valence-corrected chi connectivity index (χ4v) is 4.10. The Hall–Kier alpha value is -3.62. The number of β-amino-alcohol motifs (C(OH)–C–C–N with tert-alkyl or cyclic N) is 1. The number of aryl methyl sites for hydroxylation is 1. The monoisotopic (exact) mass is 429 g/mol. The van der Waals surface area contributed by atoms with Gasteiger partial charge in [-0.2, -0.15) is 0 Å². The van der Waals surface area contributed by atoms with Gasteiger partial charge in [-0.25, -0.2) is 4.98 Å². The van der Waals surface area contributed by atoms with Crippen molar-refractivity contribution >= 4 is 27.7 Å². The fourth-order valence-electron chi connectivity index (χ4n) is 4.10. The highest BCUT2D eigenvalue weighted by molar-refractivity contribution is 5.97. The van der Waals surface area contributed by atoms with Crippen LogP contribution in [0, 0.1) is 0 Å². The molecule has 3 heterocycles. The van der Waals surface area contributed by atoms with E-state index in [2.05, 4.69) is 4.98 Å². The summed E-state index contributed by atoms with van der Waals surface area (Å²) in [5, 5.41) is 11.5. The Bertz CT molecular complexity index is 1410. The van der Waals surface area contributed by atoms with E-state index < -0.39 is 6.10 Å². The highest BCUT2D eigenvalue weighted by Crippen LogP contribution is 2.24. The number of pyridine rings is 1. The van der Waals surface area contributed by atoms with E-state index in [1.165, 1.54) is 0 Å². The van der Waals surface area contributed by atoms with Gasteiger partial charge in [-0.15, -0.1) is 0 Å². The number of benzene rings is 2. The lowest BCUT2D eigenvalue weighted by Gasteiger charge is -2.34. The predicted octanol–water partition coefficient (Wildman–Crippen LogP) is 1.68. The van der Waals surface area contributed by atoms with Gasteiger partial charge in [0, 0.05) is 48.9 Å². The summed E-state index contributed by atoms with van der Waals surface area (Å²) in [7, 11) is 1.72. The first kappa shape index (κ1) is 20.3. The summed E-state index contributed by atoms with van der Waals surface area (Å²) >= 11 is 0. The number of hydrogen-bond acceptors (Lipinski definition) is 6. The molecule has 8 nitrogen and oxygen atoms in total. The van der Waals surface area contributed by atoms with E-state index in [-0.39, 0.29) is 24.1 Å². The van der Waals surface area contributed by atoms with Gasteiger partial charge >= 0.3 is 0 Å². The number of aliphatic hydroxyl groups is 1. The summed E-state index contributed by atoms with van der Waals surface area (Å²) in [6.07, 6.45) is 3.27. The molecule has 3 N–H and O–H groups in total. The van der Waals surface area contributed by atoms with E-state index >= 15 is 0 Å². The second-order valence-electron chi connectivity index (χ2n) is 8.26. The molecular formula is C24H23N5O3. The van der Waals surface area contributed by atoms with Crippen LogP contribution in [-0.2, 0) is 7.05 Å². The van der Waals surface area contributed by atoms with Crippen LogP contribution in [0.3, 0.4) is 0 Å². The van der Waals surface area contributed by atoms with Crippen LogP contribution >= 0.6 is 0 Å². The quantitative estimate of drug-likeness (QED) is 0.501. The van der Waals surface area contributed by atoms with Crippen LogP contribution < -0.4 is 11.3 Å². The second-order valence-corrected chi connectivity index (χ2v) is 8.26. The van der Waals surface area contributed by atoms with Gasteiger partial charge in [0.2, 0.25) is 0 Å². The first-order valence-corrected chi connectivity index (χ1v) is 10.5. The van der Waals surface area contributed by atoms with Crippen LogP contribution in [-0.4, -0.2) is 55.7 Å². The summed E-state index contributed by atoms with van der Waals surface area (Å²) in [5.74, 6) is -0.161. The average Bonchev–Trinajstić information content (AvgIpc) is 2.82. The molecule has 1 saturated heterocycles. The summed E-state index contributed by atoms with van der Waals surface area (Å²) in [5.41, 5.74) is 9.07. The molecule has 0 unspecified atom stereocenters. The molecule has 162 valence electrons. The first-order valence-electron chi connectivity index (χ1n) is 10.5. The Morgan fingerprint density at radius 2 is 2.00 bits per heavy atom. The largest absolute Gasteiger partial charge is 0.390 e. The van der Waals surface area contributed by atoms with Crippen molar-refractivity contribution in [2.75, 3.05) is 13.1 Å². The first-order chi connectivity index (χ1) is 15.4. The van der Waals surface area contributed by atoms with E-state index in [0.29, 0.717) is 40.6 Å². The van der Waals surface area contributed by atoms with Crippen LogP contribution in [0.5, 0.6) is 0 Å². The highest BCUT2D eigenvalue weighted by Gasteiger charge is 2.28. The number of carbonyl (C=O) groups is 1. The van der Waals surface area contributed by atoms with E-state index in [1.54, 1.807) is 53.2 Å². The highest BCUT2D eigenvalue weighted by atomic mass is 16.3. The van der Waals surface area contributed by atoms with E-state index in [0.717, 1.165) is 10.9 Å². The molecule has 8 heteroatoms. The number of likely N-dealkylation sites (tertiary alicyclic amines) is 1. The van der Waals surface area contributed by atoms with E-state index in [1.807, 2.05) is 18.2 Å². The Morgan fingerprint density at radius 1 is 1.16 bits per heavy atom. The normalized spacial score (nSPS) is 18.9. The maximum atomic E-state index is 13.0. The van der Waals surface area contributed by atoms with Gasteiger partial charge in [-0.3, -0.25) is 14.6 Å². The Morgan fingerprint density at radius 3 is 2.81 bits per heavy atom. The van der Waals surface area contributed by atoms with Crippen molar-refractivity contribution in [1.29, 1.82) is 0 Å². The number of piperidine rings is 1. The third-order valence-electron chi connectivity index (χ3n) is 6.09. The van der Waals surface area contributed by atoms with Crippen molar-refractivity contribution in [3.05, 3.63) is 70.8 Å². The molecule has 1 aliphatic rings. The maximum absolute atomic E-state index is 13.0. The molecule has 0 bridgehead atoms. The zero-order chi connectivity index (χ0) is 22.4. The summed E-state index contributed by atoms with van der Waals surface area (Å²) in [6.45, 7) is 0.734. The predicted molar refractivity (Wildman–Crippen MR) is 122 cm³/mol. The Kier molecular flexibility index (Phi) is 4.96. The Labute approximate surface area is 183 Å². The molecule has 5 rings (SSSR count). The van der Waals surface area contributed by atoms with Crippen LogP contribution in [0.25, 0.3) is 33.1 Å². The van der Waals surface area contributed by atoms with Crippen molar-refractivity contribution in [2.45, 2.75) is 18.6 Å². The number of aromatic nitrogens is 3. The minimum absolute atomic E-state index is 0.0504. The molecule has 2 aromatic carbocycles. The van der Waals surface area contributed by atoms with Crippen molar-refractivity contribution in [1.82, 2.24) is 19.4 Å². The topological polar surface area (TPSA) is 114 Å². The van der Waals surface area contributed by atoms with Gasteiger partial charge in [-0.1, -0.05) is 6.07 Å². The molecule has 0 radical (unpaired) electrons. The van der Waals surface area contributed by atoms with E-state index in [9.17, 15) is 14.7 Å². The van der Waals surface area contributed by atoms with Crippen molar-refractivity contribution in [3.8, 4) is 11.3 Å². The fraction of sp³-hybridized carbons (Fsp3) is 0.250. The van der Waals surface area contributed by atoms with Crippen LogP contribution in [0.4, 0.5) is 0 Å². The van der Waals surface area contributed by atoms with Gasteiger partial charge in [0.05, 0.1) is 29.0 Å². The minimum Gasteiger partial charge on any atom is -0.390 e. The molecule has 4 aromatic rings. The zero-order valence-corrected chi connectivity index (χ0v) is 17.6. The third kappa shape index (κ3) is 3.53. The standard InChI is InChI=1S/C24H23N5O3/c1-28-8-6-14-10-15(2-4-17(14)24(28)32)21-12-26-19-5-3-16(11-20(19)27-21)23(31)29-9-7-18(25)22(30)13-29/h2-6,8,10-12,18,22,30H,7,9,13,25H2,1H3/t18-,22-/m0/s1. The van der Waals surface area contributed by atoms with Crippen LogP contribution in [0.15, 0.2) is 59.7 Å². The van der Waals surface area contributed by atoms with Crippen LogP contribution in [0.1, 0.15) is 16.8 Å². The van der Waals surface area contributed by atoms with Gasteiger partial charge < -0.3 is 20.3 Å². The zero-order valence-electron chi connectivity index (χ0n) is 17.6. The lowest BCUT2D eigenvalue weighted by atomic mass is 10.0. The van der Waals surface area contributed by atoms with Crippen molar-refractivity contribution in [2.24, 2.45) is 12.8 Å². The lowest BCUT2D eigenvalue weighted by Crippen LogP contribution is -2.52. The molecule has 1 fully saturated rings. The molecule has 2 aromatic heterocycles.